The molecule has 6 nitrogen and oxygen atoms in total. The summed E-state index contributed by atoms with van der Waals surface area (Å²) in [5.41, 5.74) is 2.25. The van der Waals surface area contributed by atoms with Crippen LogP contribution in [0.2, 0.25) is 0 Å². The van der Waals surface area contributed by atoms with Crippen LogP contribution in [-0.2, 0) is 26.1 Å². The quantitative estimate of drug-likeness (QED) is 0.710. The number of ether oxygens (including phenoxy) is 1. The highest BCUT2D eigenvalue weighted by molar-refractivity contribution is 5.33. The Hall–Kier alpha value is -2.73. The molecule has 1 N–H and O–H groups in total. The molecule has 0 fully saturated rings. The Bertz CT molecular complexity index is 833. The lowest BCUT2D eigenvalue weighted by Gasteiger charge is -2.23. The minimum absolute atomic E-state index is 0.532. The van der Waals surface area contributed by atoms with Crippen molar-refractivity contribution in [2.24, 2.45) is 5.92 Å². The Morgan fingerprint density at radius 3 is 3.08 bits per heavy atom. The molecule has 0 saturated carbocycles. The summed E-state index contributed by atoms with van der Waals surface area (Å²) in [6, 6.07) is 12.2. The Kier molecular flexibility index (Phi) is 5.21. The van der Waals surface area contributed by atoms with E-state index in [4.69, 9.17) is 4.74 Å². The molecule has 26 heavy (non-hydrogen) atoms. The molecule has 0 saturated heterocycles. The summed E-state index contributed by atoms with van der Waals surface area (Å²) >= 11 is 0. The molecule has 1 aliphatic heterocycles. The minimum atomic E-state index is 0.532. The number of aryl methyl sites for hydroxylation is 1. The lowest BCUT2D eigenvalue weighted by molar-refractivity contribution is 0.300. The SMILES string of the molecule is c1cncc(COc2ccccc2CNC[C@H]2CCc3nncn3C2)c1. The summed E-state index contributed by atoms with van der Waals surface area (Å²) in [6.45, 7) is 3.31. The van der Waals surface area contributed by atoms with Crippen molar-refractivity contribution in [1.29, 1.82) is 0 Å². The van der Waals surface area contributed by atoms with Crippen molar-refractivity contribution in [1.82, 2.24) is 25.1 Å². The van der Waals surface area contributed by atoms with E-state index in [-0.39, 0.29) is 0 Å². The van der Waals surface area contributed by atoms with Crippen LogP contribution in [-0.4, -0.2) is 26.3 Å². The van der Waals surface area contributed by atoms with Crippen LogP contribution < -0.4 is 10.1 Å². The molecule has 134 valence electrons. The maximum atomic E-state index is 6.00. The molecule has 0 spiro atoms. The number of hydrogen-bond acceptors (Lipinski definition) is 5. The largest absolute Gasteiger partial charge is 0.489 e. The minimum Gasteiger partial charge on any atom is -0.489 e. The molecule has 6 heteroatoms. The normalized spacial score (nSPS) is 16.2. The molecule has 0 aliphatic carbocycles. The molecule has 3 aromatic rings. The Labute approximate surface area is 153 Å². The van der Waals surface area contributed by atoms with Gasteiger partial charge < -0.3 is 14.6 Å². The number of nitrogens with zero attached hydrogens (tertiary/aromatic N) is 4. The van der Waals surface area contributed by atoms with Gasteiger partial charge in [-0.15, -0.1) is 10.2 Å². The standard InChI is InChI=1S/C20H23N5O/c1-2-6-19(26-14-17-4-3-9-21-11-17)18(5-1)12-22-10-16-7-8-20-24-23-15-25(20)13-16/h1-6,9,11,15-16,22H,7-8,10,12-14H2/t16-/m1/s1. The average Bonchev–Trinajstić information content (AvgIpc) is 3.16. The summed E-state index contributed by atoms with van der Waals surface area (Å²) in [6.07, 6.45) is 7.61. The highest BCUT2D eigenvalue weighted by Crippen LogP contribution is 2.20. The third-order valence-corrected chi connectivity index (χ3v) is 4.77. The van der Waals surface area contributed by atoms with Gasteiger partial charge in [-0.3, -0.25) is 4.98 Å². The molecule has 1 aliphatic rings. The third-order valence-electron chi connectivity index (χ3n) is 4.77. The number of hydrogen-bond donors (Lipinski definition) is 1. The summed E-state index contributed by atoms with van der Waals surface area (Å²) in [5, 5.41) is 11.7. The number of aromatic nitrogens is 4. The van der Waals surface area contributed by atoms with Crippen LogP contribution >= 0.6 is 0 Å². The zero-order chi connectivity index (χ0) is 17.6. The van der Waals surface area contributed by atoms with Crippen molar-refractivity contribution in [3.63, 3.8) is 0 Å². The molecular formula is C20H23N5O. The van der Waals surface area contributed by atoms with E-state index in [1.54, 1.807) is 6.20 Å². The van der Waals surface area contributed by atoms with Crippen LogP contribution in [0.25, 0.3) is 0 Å². The van der Waals surface area contributed by atoms with Crippen LogP contribution in [0.15, 0.2) is 55.1 Å². The molecule has 2 aromatic heterocycles. The fourth-order valence-corrected chi connectivity index (χ4v) is 3.34. The molecule has 0 bridgehead atoms. The predicted octanol–water partition coefficient (Wildman–Crippen LogP) is 2.60. The van der Waals surface area contributed by atoms with Crippen LogP contribution in [0, 0.1) is 5.92 Å². The highest BCUT2D eigenvalue weighted by Gasteiger charge is 2.19. The lowest BCUT2D eigenvalue weighted by Crippen LogP contribution is -2.29. The fourth-order valence-electron chi connectivity index (χ4n) is 3.34. The summed E-state index contributed by atoms with van der Waals surface area (Å²) in [5.74, 6) is 2.64. The van der Waals surface area contributed by atoms with Gasteiger partial charge >= 0.3 is 0 Å². The second-order valence-corrected chi connectivity index (χ2v) is 6.69. The van der Waals surface area contributed by atoms with Gasteiger partial charge in [0.1, 0.15) is 24.5 Å². The zero-order valence-corrected chi connectivity index (χ0v) is 14.7. The van der Waals surface area contributed by atoms with Gasteiger partial charge in [0.25, 0.3) is 0 Å². The first-order chi connectivity index (χ1) is 12.9. The molecule has 0 unspecified atom stereocenters. The van der Waals surface area contributed by atoms with Crippen molar-refractivity contribution in [2.45, 2.75) is 32.5 Å². The first kappa shape index (κ1) is 16.7. The fraction of sp³-hybridized carbons (Fsp3) is 0.350. The average molecular weight is 349 g/mol. The topological polar surface area (TPSA) is 64.9 Å². The van der Waals surface area contributed by atoms with E-state index in [0.717, 1.165) is 49.6 Å². The van der Waals surface area contributed by atoms with Crippen LogP contribution in [0.5, 0.6) is 5.75 Å². The third kappa shape index (κ3) is 4.08. The number of benzene rings is 1. The molecular weight excluding hydrogens is 326 g/mol. The molecule has 4 rings (SSSR count). The first-order valence-corrected chi connectivity index (χ1v) is 9.05. The van der Waals surface area contributed by atoms with Crippen molar-refractivity contribution in [2.75, 3.05) is 6.54 Å². The Morgan fingerprint density at radius 1 is 1.19 bits per heavy atom. The zero-order valence-electron chi connectivity index (χ0n) is 14.7. The maximum Gasteiger partial charge on any atom is 0.132 e. The second kappa shape index (κ2) is 8.10. The molecule has 1 atom stereocenters. The van der Waals surface area contributed by atoms with E-state index >= 15 is 0 Å². The van der Waals surface area contributed by atoms with E-state index in [1.807, 2.05) is 36.8 Å². The van der Waals surface area contributed by atoms with Crippen molar-refractivity contribution in [3.8, 4) is 5.75 Å². The number of rotatable bonds is 7. The lowest BCUT2D eigenvalue weighted by atomic mass is 9.99. The van der Waals surface area contributed by atoms with Crippen molar-refractivity contribution >= 4 is 0 Å². The smallest absolute Gasteiger partial charge is 0.132 e. The van der Waals surface area contributed by atoms with Gasteiger partial charge in [0.05, 0.1) is 0 Å². The van der Waals surface area contributed by atoms with Gasteiger partial charge in [-0.25, -0.2) is 0 Å². The van der Waals surface area contributed by atoms with Gasteiger partial charge in [-0.05, 0) is 31.0 Å². The summed E-state index contributed by atoms with van der Waals surface area (Å²) in [4.78, 5) is 4.13. The van der Waals surface area contributed by atoms with Crippen LogP contribution in [0.4, 0.5) is 0 Å². The molecule has 0 amide bonds. The molecule has 0 radical (unpaired) electrons. The summed E-state index contributed by atoms with van der Waals surface area (Å²) in [7, 11) is 0. The van der Waals surface area contributed by atoms with E-state index in [0.29, 0.717) is 12.5 Å². The Balaban J connectivity index is 1.30. The van der Waals surface area contributed by atoms with Gasteiger partial charge in [0.15, 0.2) is 0 Å². The highest BCUT2D eigenvalue weighted by atomic mass is 16.5. The van der Waals surface area contributed by atoms with E-state index < -0.39 is 0 Å². The Morgan fingerprint density at radius 2 is 2.15 bits per heavy atom. The first-order valence-electron chi connectivity index (χ1n) is 9.05. The second-order valence-electron chi connectivity index (χ2n) is 6.69. The summed E-state index contributed by atoms with van der Waals surface area (Å²) < 4.78 is 8.17. The maximum absolute atomic E-state index is 6.00. The number of nitrogens with one attached hydrogen (secondary N) is 1. The molecule has 1 aromatic carbocycles. The van der Waals surface area contributed by atoms with Gasteiger partial charge in [0, 0.05) is 43.0 Å². The monoisotopic (exact) mass is 349 g/mol. The number of pyridine rings is 1. The van der Waals surface area contributed by atoms with E-state index in [2.05, 4.69) is 37.2 Å². The van der Waals surface area contributed by atoms with Crippen LogP contribution in [0.1, 0.15) is 23.4 Å². The van der Waals surface area contributed by atoms with Gasteiger partial charge in [0.2, 0.25) is 0 Å². The van der Waals surface area contributed by atoms with Crippen molar-refractivity contribution < 1.29 is 4.74 Å². The number of fused-ring (bicyclic) bond motifs is 1. The van der Waals surface area contributed by atoms with Gasteiger partial charge in [-0.1, -0.05) is 24.3 Å². The van der Waals surface area contributed by atoms with Crippen LogP contribution in [0.3, 0.4) is 0 Å². The number of para-hydroxylation sites is 1. The van der Waals surface area contributed by atoms with Crippen molar-refractivity contribution in [3.05, 3.63) is 72.1 Å². The van der Waals surface area contributed by atoms with Gasteiger partial charge in [-0.2, -0.15) is 0 Å². The molecule has 3 heterocycles. The predicted molar refractivity (Wildman–Crippen MR) is 98.6 cm³/mol. The van der Waals surface area contributed by atoms with E-state index in [9.17, 15) is 0 Å². The van der Waals surface area contributed by atoms with E-state index in [1.165, 1.54) is 5.56 Å².